The number of aliphatic imine (C=N–C) groups is 1. The molecule has 10 heteroatoms. The smallest absolute Gasteiger partial charge is 0.410 e. The standard InChI is InChI=1S/C15H20BrFN4O3S/c1-14(11-9(17)4-5-10(16)19-11)8-25(24)15(2,6-3-7-18-25)12(21-14)20-13(22)23/h4-5,18,24H,3,6-8H2,1-2H3,(H,20,21)(H,22,23)/t14-,15-/m0/s1. The van der Waals surface area contributed by atoms with Crippen molar-refractivity contribution in [3.8, 4) is 0 Å². The van der Waals surface area contributed by atoms with Crippen LogP contribution in [0.5, 0.6) is 0 Å². The van der Waals surface area contributed by atoms with Crippen LogP contribution in [-0.4, -0.2) is 43.6 Å². The molecule has 0 spiro atoms. The maximum Gasteiger partial charge on any atom is 0.410 e. The minimum atomic E-state index is -2.49. The largest absolute Gasteiger partial charge is 0.465 e. The molecule has 1 unspecified atom stereocenters. The fourth-order valence-electron chi connectivity index (χ4n) is 3.47. The third kappa shape index (κ3) is 3.05. The summed E-state index contributed by atoms with van der Waals surface area (Å²) in [5, 5.41) is 11.5. The number of carboxylic acid groups (broad SMARTS) is 1. The van der Waals surface area contributed by atoms with Crippen molar-refractivity contribution < 1.29 is 18.8 Å². The molecule has 0 bridgehead atoms. The third-order valence-electron chi connectivity index (χ3n) is 4.81. The lowest BCUT2D eigenvalue weighted by molar-refractivity contribution is 0.199. The Morgan fingerprint density at radius 2 is 2.20 bits per heavy atom. The van der Waals surface area contributed by atoms with Gasteiger partial charge in [0.1, 0.15) is 27.5 Å². The molecule has 0 aliphatic carbocycles. The van der Waals surface area contributed by atoms with Gasteiger partial charge in [0, 0.05) is 12.3 Å². The number of fused-ring (bicyclic) bond motifs is 1. The van der Waals surface area contributed by atoms with Gasteiger partial charge in [-0.25, -0.2) is 14.2 Å². The first kappa shape index (κ1) is 18.6. The van der Waals surface area contributed by atoms with E-state index in [1.54, 1.807) is 13.8 Å². The number of amidine groups is 1. The molecule has 2 aliphatic rings. The number of carbonyl (C=O) groups is 1. The van der Waals surface area contributed by atoms with E-state index in [0.717, 1.165) is 6.42 Å². The molecule has 3 heterocycles. The van der Waals surface area contributed by atoms with Crippen LogP contribution in [0.1, 0.15) is 32.4 Å². The number of nitrogens with one attached hydrogen (secondary N) is 2. The summed E-state index contributed by atoms with van der Waals surface area (Å²) < 4.78 is 28.6. The fraction of sp³-hybridized carbons (Fsp3) is 0.533. The van der Waals surface area contributed by atoms with Gasteiger partial charge in [-0.15, -0.1) is 0 Å². The summed E-state index contributed by atoms with van der Waals surface area (Å²) in [5.41, 5.74) is -1.12. The molecule has 7 nitrogen and oxygen atoms in total. The zero-order valence-electron chi connectivity index (χ0n) is 13.8. The second kappa shape index (κ2) is 6.19. The maximum absolute atomic E-state index is 14.5. The Bertz CT molecular complexity index is 766. The van der Waals surface area contributed by atoms with Crippen molar-refractivity contribution in [3.05, 3.63) is 28.2 Å². The van der Waals surface area contributed by atoms with Gasteiger partial charge >= 0.3 is 6.09 Å². The zero-order chi connectivity index (χ0) is 18.5. The van der Waals surface area contributed by atoms with Crippen LogP contribution in [-0.2, 0) is 5.54 Å². The molecule has 1 aromatic heterocycles. The predicted molar refractivity (Wildman–Crippen MR) is 98.6 cm³/mol. The molecule has 1 fully saturated rings. The van der Waals surface area contributed by atoms with Crippen molar-refractivity contribution in [2.75, 3.05) is 12.3 Å². The van der Waals surface area contributed by atoms with Gasteiger partial charge in [-0.1, -0.05) is 10.5 Å². The van der Waals surface area contributed by atoms with Crippen LogP contribution in [0, 0.1) is 5.82 Å². The van der Waals surface area contributed by atoms with Crippen LogP contribution in [0.25, 0.3) is 0 Å². The number of pyridine rings is 1. The zero-order valence-corrected chi connectivity index (χ0v) is 16.2. The number of aromatic nitrogens is 1. The highest BCUT2D eigenvalue weighted by atomic mass is 79.9. The first-order chi connectivity index (χ1) is 11.6. The topological polar surface area (TPSA) is 107 Å². The molecule has 138 valence electrons. The molecule has 1 saturated heterocycles. The Labute approximate surface area is 154 Å². The summed E-state index contributed by atoms with van der Waals surface area (Å²) in [6, 6.07) is 2.76. The molecule has 3 rings (SSSR count). The predicted octanol–water partition coefficient (Wildman–Crippen LogP) is 3.21. The Balaban J connectivity index is 2.19. The van der Waals surface area contributed by atoms with Crippen LogP contribution in [0.4, 0.5) is 9.18 Å². The average molecular weight is 435 g/mol. The van der Waals surface area contributed by atoms with E-state index in [0.29, 0.717) is 17.6 Å². The summed E-state index contributed by atoms with van der Waals surface area (Å²) in [6.45, 7) is 4.08. The lowest BCUT2D eigenvalue weighted by Crippen LogP contribution is -2.61. The molecule has 1 amide bonds. The molecule has 3 atom stereocenters. The molecule has 1 aromatic rings. The van der Waals surface area contributed by atoms with Crippen molar-refractivity contribution in [1.82, 2.24) is 15.0 Å². The number of halogens is 2. The van der Waals surface area contributed by atoms with E-state index >= 15 is 0 Å². The van der Waals surface area contributed by atoms with Gasteiger partial charge in [0.05, 0.1) is 4.75 Å². The van der Waals surface area contributed by atoms with E-state index in [9.17, 15) is 18.8 Å². The third-order valence-corrected chi connectivity index (χ3v) is 8.81. The van der Waals surface area contributed by atoms with E-state index in [1.807, 2.05) is 0 Å². The SMILES string of the molecule is C[C@@]12CCCNS1(O)C[C@@](C)(c1nc(Br)ccc1F)N=C2NC(=O)O. The second-order valence-corrected chi connectivity index (χ2v) is 10.4. The van der Waals surface area contributed by atoms with Gasteiger partial charge in [-0.05, 0) is 54.8 Å². The van der Waals surface area contributed by atoms with E-state index in [1.165, 1.54) is 12.1 Å². The highest BCUT2D eigenvalue weighted by molar-refractivity contribution is 9.10. The Morgan fingerprint density at radius 1 is 1.48 bits per heavy atom. The molecule has 0 radical (unpaired) electrons. The molecule has 4 N–H and O–H groups in total. The minimum absolute atomic E-state index is 0.0712. The monoisotopic (exact) mass is 434 g/mol. The van der Waals surface area contributed by atoms with E-state index < -0.39 is 32.7 Å². The average Bonchev–Trinajstić information content (AvgIpc) is 2.50. The Kier molecular flexibility index (Phi) is 4.59. The lowest BCUT2D eigenvalue weighted by Gasteiger charge is -2.58. The normalized spacial score (nSPS) is 37.4. The fourth-order valence-corrected chi connectivity index (χ4v) is 6.91. The molecular formula is C15H20BrFN4O3S. The summed E-state index contributed by atoms with van der Waals surface area (Å²) in [6.07, 6.45) is 0.112. The molecule has 25 heavy (non-hydrogen) atoms. The quantitative estimate of drug-likeness (QED) is 0.507. The van der Waals surface area contributed by atoms with Crippen molar-refractivity contribution >= 4 is 38.4 Å². The Morgan fingerprint density at radius 3 is 2.88 bits per heavy atom. The van der Waals surface area contributed by atoms with Gasteiger partial charge in [0.15, 0.2) is 0 Å². The Hall–Kier alpha value is -1.23. The summed E-state index contributed by atoms with van der Waals surface area (Å²) in [5.74, 6) is -0.243. The van der Waals surface area contributed by atoms with Crippen LogP contribution in [0.3, 0.4) is 0 Å². The first-order valence-corrected chi connectivity index (χ1v) is 10.4. The van der Waals surface area contributed by atoms with Crippen LogP contribution >= 0.6 is 26.4 Å². The summed E-state index contributed by atoms with van der Waals surface area (Å²) >= 11 is 3.23. The maximum atomic E-state index is 14.5. The van der Waals surface area contributed by atoms with Crippen molar-refractivity contribution in [1.29, 1.82) is 0 Å². The minimum Gasteiger partial charge on any atom is -0.465 e. The van der Waals surface area contributed by atoms with Crippen LogP contribution in [0.2, 0.25) is 0 Å². The highest BCUT2D eigenvalue weighted by Gasteiger charge is 2.56. The van der Waals surface area contributed by atoms with Gasteiger partial charge in [0.25, 0.3) is 0 Å². The van der Waals surface area contributed by atoms with E-state index in [-0.39, 0.29) is 17.3 Å². The van der Waals surface area contributed by atoms with Gasteiger partial charge in [-0.2, -0.15) is 0 Å². The van der Waals surface area contributed by atoms with Crippen molar-refractivity contribution in [2.45, 2.75) is 37.0 Å². The van der Waals surface area contributed by atoms with E-state index in [2.05, 4.69) is 35.9 Å². The van der Waals surface area contributed by atoms with Crippen LogP contribution < -0.4 is 10.0 Å². The second-order valence-electron chi connectivity index (χ2n) is 6.70. The van der Waals surface area contributed by atoms with Crippen LogP contribution in [0.15, 0.2) is 21.7 Å². The number of rotatable bonds is 1. The van der Waals surface area contributed by atoms with Gasteiger partial charge in [0.2, 0.25) is 0 Å². The summed E-state index contributed by atoms with van der Waals surface area (Å²) in [7, 11) is -2.49. The molecule has 2 aliphatic heterocycles. The van der Waals surface area contributed by atoms with Gasteiger partial charge < -0.3 is 9.66 Å². The first-order valence-electron chi connectivity index (χ1n) is 7.80. The number of hydrogen-bond donors (Lipinski definition) is 4. The molecule has 0 saturated carbocycles. The van der Waals surface area contributed by atoms with Crippen molar-refractivity contribution in [2.24, 2.45) is 4.99 Å². The number of amides is 1. The highest BCUT2D eigenvalue weighted by Crippen LogP contribution is 2.62. The molecular weight excluding hydrogens is 415 g/mol. The summed E-state index contributed by atoms with van der Waals surface area (Å²) in [4.78, 5) is 20.0. The molecule has 0 aromatic carbocycles. The van der Waals surface area contributed by atoms with Gasteiger partial charge in [-0.3, -0.25) is 15.0 Å². The lowest BCUT2D eigenvalue weighted by atomic mass is 9.96. The number of hydrogen-bond acceptors (Lipinski definition) is 5. The van der Waals surface area contributed by atoms with E-state index in [4.69, 9.17) is 0 Å². The van der Waals surface area contributed by atoms with Crippen molar-refractivity contribution in [3.63, 3.8) is 0 Å². The number of nitrogens with zero attached hydrogens (tertiary/aromatic N) is 2.